The largest absolute Gasteiger partial charge is 0.394 e. The quantitative estimate of drug-likeness (QED) is 0.658. The number of hydrogen-bond acceptors (Lipinski definition) is 7. The van der Waals surface area contributed by atoms with Crippen LogP contribution >= 0.6 is 0 Å². The molecule has 4 heterocycles. The lowest BCUT2D eigenvalue weighted by Crippen LogP contribution is -2.16. The summed E-state index contributed by atoms with van der Waals surface area (Å²) in [4.78, 5) is 23.8. The van der Waals surface area contributed by atoms with Gasteiger partial charge in [0.2, 0.25) is 0 Å². The average Bonchev–Trinajstić information content (AvgIpc) is 3.39. The molecule has 1 atom stereocenters. The van der Waals surface area contributed by atoms with Crippen molar-refractivity contribution in [1.29, 1.82) is 0 Å². The standard InChI is InChI=1S/C20H23N7O2/c1-3-26-9-14-7-17(21-8-15(14)10-26)20(29)24-18-6-4-5-16(23-18)19-25-22-12-27(19)13(2)11-28/h4-8,12-13,28H,3,9-11H2,1-2H3,(H,23,24,29). The van der Waals surface area contributed by atoms with Crippen molar-refractivity contribution in [3.8, 4) is 11.5 Å². The minimum absolute atomic E-state index is 0.0407. The van der Waals surface area contributed by atoms with Gasteiger partial charge < -0.3 is 15.0 Å². The fraction of sp³-hybridized carbons (Fsp3) is 0.350. The molecule has 0 aromatic carbocycles. The summed E-state index contributed by atoms with van der Waals surface area (Å²) in [7, 11) is 0. The summed E-state index contributed by atoms with van der Waals surface area (Å²) in [5, 5.41) is 20.2. The van der Waals surface area contributed by atoms with Crippen LogP contribution in [-0.4, -0.2) is 53.8 Å². The average molecular weight is 393 g/mol. The van der Waals surface area contributed by atoms with E-state index in [1.807, 2.05) is 13.0 Å². The molecule has 1 aliphatic rings. The molecule has 4 rings (SSSR count). The molecule has 2 N–H and O–H groups in total. The van der Waals surface area contributed by atoms with Gasteiger partial charge in [0, 0.05) is 19.3 Å². The molecule has 0 bridgehead atoms. The van der Waals surface area contributed by atoms with Crippen LogP contribution in [0.4, 0.5) is 5.82 Å². The van der Waals surface area contributed by atoms with E-state index in [1.54, 1.807) is 35.3 Å². The maximum atomic E-state index is 12.7. The number of nitrogens with zero attached hydrogens (tertiary/aromatic N) is 6. The van der Waals surface area contributed by atoms with Gasteiger partial charge in [-0.1, -0.05) is 13.0 Å². The number of nitrogens with one attached hydrogen (secondary N) is 1. The Morgan fingerprint density at radius 3 is 2.93 bits per heavy atom. The Bertz CT molecular complexity index is 1030. The third kappa shape index (κ3) is 3.87. The van der Waals surface area contributed by atoms with Crippen LogP contribution in [-0.2, 0) is 13.1 Å². The fourth-order valence-corrected chi connectivity index (χ4v) is 3.35. The molecule has 150 valence electrons. The van der Waals surface area contributed by atoms with Crippen LogP contribution in [0.1, 0.15) is 41.5 Å². The van der Waals surface area contributed by atoms with Crippen molar-refractivity contribution in [2.75, 3.05) is 18.5 Å². The number of fused-ring (bicyclic) bond motifs is 1. The summed E-state index contributed by atoms with van der Waals surface area (Å²) in [6.07, 6.45) is 3.33. The molecule has 0 fully saturated rings. The smallest absolute Gasteiger partial charge is 0.275 e. The Hall–Kier alpha value is -3.17. The zero-order valence-corrected chi connectivity index (χ0v) is 16.4. The van der Waals surface area contributed by atoms with Crippen LogP contribution in [0.2, 0.25) is 0 Å². The first-order valence-electron chi connectivity index (χ1n) is 9.58. The topological polar surface area (TPSA) is 109 Å². The van der Waals surface area contributed by atoms with Crippen molar-refractivity contribution in [2.24, 2.45) is 0 Å². The molecular weight excluding hydrogens is 370 g/mol. The van der Waals surface area contributed by atoms with Gasteiger partial charge in [-0.15, -0.1) is 10.2 Å². The second-order valence-corrected chi connectivity index (χ2v) is 7.10. The predicted octanol–water partition coefficient (Wildman–Crippen LogP) is 1.88. The number of aromatic nitrogens is 5. The van der Waals surface area contributed by atoms with E-state index in [4.69, 9.17) is 0 Å². The number of carbonyl (C=O) groups excluding carboxylic acids is 1. The molecule has 3 aromatic heterocycles. The lowest BCUT2D eigenvalue weighted by atomic mass is 10.1. The molecule has 1 amide bonds. The normalized spacial score (nSPS) is 14.6. The van der Waals surface area contributed by atoms with E-state index < -0.39 is 0 Å². The zero-order valence-electron chi connectivity index (χ0n) is 16.4. The second-order valence-electron chi connectivity index (χ2n) is 7.10. The van der Waals surface area contributed by atoms with Gasteiger partial charge in [0.15, 0.2) is 5.82 Å². The van der Waals surface area contributed by atoms with E-state index in [1.165, 1.54) is 5.56 Å². The van der Waals surface area contributed by atoms with Gasteiger partial charge in [0.25, 0.3) is 5.91 Å². The van der Waals surface area contributed by atoms with Crippen LogP contribution in [0.15, 0.2) is 36.8 Å². The Labute approximate surface area is 168 Å². The number of amides is 1. The lowest BCUT2D eigenvalue weighted by molar-refractivity contribution is 0.102. The predicted molar refractivity (Wildman–Crippen MR) is 107 cm³/mol. The van der Waals surface area contributed by atoms with Gasteiger partial charge >= 0.3 is 0 Å². The van der Waals surface area contributed by atoms with E-state index in [0.717, 1.165) is 25.2 Å². The number of pyridine rings is 2. The van der Waals surface area contributed by atoms with E-state index in [-0.39, 0.29) is 18.6 Å². The summed E-state index contributed by atoms with van der Waals surface area (Å²) < 4.78 is 1.75. The summed E-state index contributed by atoms with van der Waals surface area (Å²) >= 11 is 0. The molecule has 3 aromatic rings. The van der Waals surface area contributed by atoms with E-state index in [2.05, 4.69) is 37.3 Å². The molecule has 0 radical (unpaired) electrons. The monoisotopic (exact) mass is 393 g/mol. The van der Waals surface area contributed by atoms with Crippen molar-refractivity contribution < 1.29 is 9.90 Å². The van der Waals surface area contributed by atoms with E-state index in [0.29, 0.717) is 23.0 Å². The minimum atomic E-state index is -0.308. The zero-order chi connectivity index (χ0) is 20.4. The maximum absolute atomic E-state index is 12.7. The van der Waals surface area contributed by atoms with Crippen LogP contribution < -0.4 is 5.32 Å². The fourth-order valence-electron chi connectivity index (χ4n) is 3.35. The number of aliphatic hydroxyl groups is 1. The maximum Gasteiger partial charge on any atom is 0.275 e. The SMILES string of the molecule is CCN1Cc2cnc(C(=O)Nc3cccc(-c4nncn4C(C)CO)n3)cc2C1. The van der Waals surface area contributed by atoms with Crippen LogP contribution in [0.5, 0.6) is 0 Å². The van der Waals surface area contributed by atoms with Crippen LogP contribution in [0, 0.1) is 0 Å². The van der Waals surface area contributed by atoms with Crippen molar-refractivity contribution in [3.05, 3.63) is 53.6 Å². The summed E-state index contributed by atoms with van der Waals surface area (Å²) in [6.45, 7) is 6.61. The number of rotatable bonds is 6. The Balaban J connectivity index is 1.53. The molecule has 9 nitrogen and oxygen atoms in total. The van der Waals surface area contributed by atoms with Crippen molar-refractivity contribution in [3.63, 3.8) is 0 Å². The van der Waals surface area contributed by atoms with E-state index >= 15 is 0 Å². The third-order valence-electron chi connectivity index (χ3n) is 5.08. The highest BCUT2D eigenvalue weighted by atomic mass is 16.3. The Kier molecular flexibility index (Phi) is 5.32. The van der Waals surface area contributed by atoms with Crippen molar-refractivity contribution in [2.45, 2.75) is 33.0 Å². The molecule has 29 heavy (non-hydrogen) atoms. The van der Waals surface area contributed by atoms with Gasteiger partial charge in [-0.3, -0.25) is 14.7 Å². The van der Waals surface area contributed by atoms with Crippen LogP contribution in [0.3, 0.4) is 0 Å². The van der Waals surface area contributed by atoms with Gasteiger partial charge in [-0.2, -0.15) is 0 Å². The molecule has 1 unspecified atom stereocenters. The first-order chi connectivity index (χ1) is 14.1. The number of aliphatic hydroxyl groups excluding tert-OH is 1. The summed E-state index contributed by atoms with van der Waals surface area (Å²) in [5.74, 6) is 0.617. The number of anilines is 1. The molecule has 9 heteroatoms. The lowest BCUT2D eigenvalue weighted by Gasteiger charge is -2.12. The number of hydrogen-bond donors (Lipinski definition) is 2. The highest BCUT2D eigenvalue weighted by Crippen LogP contribution is 2.23. The van der Waals surface area contributed by atoms with Crippen molar-refractivity contribution in [1.82, 2.24) is 29.6 Å². The second kappa shape index (κ2) is 8.06. The molecule has 0 spiro atoms. The molecule has 0 saturated heterocycles. The first kappa shape index (κ1) is 19.2. The Morgan fingerprint density at radius 2 is 2.14 bits per heavy atom. The Morgan fingerprint density at radius 1 is 1.31 bits per heavy atom. The summed E-state index contributed by atoms with van der Waals surface area (Å²) in [6, 6.07) is 6.95. The highest BCUT2D eigenvalue weighted by Gasteiger charge is 2.20. The van der Waals surface area contributed by atoms with Crippen LogP contribution in [0.25, 0.3) is 11.5 Å². The molecule has 1 aliphatic heterocycles. The van der Waals surface area contributed by atoms with E-state index in [9.17, 15) is 9.90 Å². The molecule has 0 saturated carbocycles. The third-order valence-corrected chi connectivity index (χ3v) is 5.08. The summed E-state index contributed by atoms with van der Waals surface area (Å²) in [5.41, 5.74) is 3.23. The number of carbonyl (C=O) groups is 1. The first-order valence-corrected chi connectivity index (χ1v) is 9.58. The van der Waals surface area contributed by atoms with Crippen molar-refractivity contribution >= 4 is 11.7 Å². The highest BCUT2D eigenvalue weighted by molar-refractivity contribution is 6.02. The molecular formula is C20H23N7O2. The van der Waals surface area contributed by atoms with Gasteiger partial charge in [0.05, 0.1) is 12.6 Å². The molecule has 0 aliphatic carbocycles. The minimum Gasteiger partial charge on any atom is -0.394 e. The van der Waals surface area contributed by atoms with Gasteiger partial charge in [-0.25, -0.2) is 4.98 Å². The van der Waals surface area contributed by atoms with Gasteiger partial charge in [0.1, 0.15) is 23.5 Å². The van der Waals surface area contributed by atoms with Gasteiger partial charge in [-0.05, 0) is 42.8 Å².